The van der Waals surface area contributed by atoms with E-state index in [4.69, 9.17) is 4.42 Å². The molecule has 2 aromatic heterocycles. The Kier molecular flexibility index (Phi) is 2.75. The molecule has 0 spiro atoms. The molecule has 0 aliphatic carbocycles. The zero-order valence-corrected chi connectivity index (χ0v) is 10.3. The van der Waals surface area contributed by atoms with Crippen LogP contribution < -0.4 is 5.32 Å². The minimum Gasteiger partial charge on any atom is -0.444 e. The molecule has 19 heavy (non-hydrogen) atoms. The molecule has 0 fully saturated rings. The van der Waals surface area contributed by atoms with Gasteiger partial charge in [-0.3, -0.25) is 4.79 Å². The maximum atomic E-state index is 12.0. The van der Waals surface area contributed by atoms with Gasteiger partial charge in [0, 0.05) is 5.56 Å². The number of aryl methyl sites for hydroxylation is 1. The van der Waals surface area contributed by atoms with Crippen molar-refractivity contribution in [3.05, 3.63) is 47.9 Å². The highest BCUT2D eigenvalue weighted by Gasteiger charge is 2.08. The van der Waals surface area contributed by atoms with E-state index in [1.165, 1.54) is 0 Å². The molecule has 0 unspecified atom stereocenters. The number of aromatic nitrogens is 3. The molecule has 0 bridgehead atoms. The Bertz CT molecular complexity index is 729. The highest BCUT2D eigenvalue weighted by atomic mass is 16.4. The second-order valence-corrected chi connectivity index (χ2v) is 4.18. The van der Waals surface area contributed by atoms with Gasteiger partial charge in [0.25, 0.3) is 5.91 Å². The normalized spacial score (nSPS) is 10.8. The van der Waals surface area contributed by atoms with Crippen molar-refractivity contribution < 1.29 is 9.21 Å². The first-order valence-corrected chi connectivity index (χ1v) is 5.85. The fraction of sp³-hybridized carbons (Fsp3) is 0.154. The van der Waals surface area contributed by atoms with Gasteiger partial charge in [-0.25, -0.2) is 9.97 Å². The van der Waals surface area contributed by atoms with Crippen LogP contribution in [-0.4, -0.2) is 20.9 Å². The Morgan fingerprint density at radius 3 is 3.11 bits per heavy atom. The largest absolute Gasteiger partial charge is 0.444 e. The first-order chi connectivity index (χ1) is 9.22. The van der Waals surface area contributed by atoms with Crippen molar-refractivity contribution in [2.45, 2.75) is 13.5 Å². The van der Waals surface area contributed by atoms with Gasteiger partial charge < -0.3 is 14.7 Å². The molecular formula is C13H12N4O2. The maximum absolute atomic E-state index is 12.0. The molecule has 1 aromatic carbocycles. The summed E-state index contributed by atoms with van der Waals surface area (Å²) in [6, 6.07) is 5.30. The lowest BCUT2D eigenvalue weighted by molar-refractivity contribution is 0.0947. The van der Waals surface area contributed by atoms with Gasteiger partial charge in [0.1, 0.15) is 5.76 Å². The first kappa shape index (κ1) is 11.5. The molecule has 3 rings (SSSR count). The molecule has 96 valence electrons. The van der Waals surface area contributed by atoms with Crippen molar-refractivity contribution >= 4 is 16.9 Å². The van der Waals surface area contributed by atoms with Crippen LogP contribution in [0.4, 0.5) is 0 Å². The van der Waals surface area contributed by atoms with Gasteiger partial charge in [-0.05, 0) is 25.1 Å². The van der Waals surface area contributed by atoms with Crippen LogP contribution >= 0.6 is 0 Å². The SMILES string of the molecule is Cc1cnc(CNC(=O)c2ccc3nc[nH]c3c2)o1. The van der Waals surface area contributed by atoms with Crippen LogP contribution in [-0.2, 0) is 6.54 Å². The predicted octanol–water partition coefficient (Wildman–Crippen LogP) is 1.79. The standard InChI is InChI=1S/C13H12N4O2/c1-8-5-14-12(19-8)6-15-13(18)9-2-3-10-11(4-9)17-7-16-10/h2-5,7H,6H2,1H3,(H,15,18)(H,16,17). The molecule has 3 aromatic rings. The molecule has 2 N–H and O–H groups in total. The van der Waals surface area contributed by atoms with E-state index in [1.54, 1.807) is 30.7 Å². The Balaban J connectivity index is 1.72. The van der Waals surface area contributed by atoms with Crippen molar-refractivity contribution in [1.29, 1.82) is 0 Å². The minimum absolute atomic E-state index is 0.174. The molecule has 0 atom stereocenters. The summed E-state index contributed by atoms with van der Waals surface area (Å²) in [5.74, 6) is 1.05. The van der Waals surface area contributed by atoms with Crippen molar-refractivity contribution in [2.75, 3.05) is 0 Å². The Labute approximate surface area is 108 Å². The number of amides is 1. The number of carbonyl (C=O) groups excluding carboxylic acids is 1. The van der Waals surface area contributed by atoms with Gasteiger partial charge >= 0.3 is 0 Å². The average Bonchev–Trinajstić information content (AvgIpc) is 3.03. The van der Waals surface area contributed by atoms with E-state index in [1.807, 2.05) is 6.92 Å². The number of hydrogen-bond donors (Lipinski definition) is 2. The summed E-state index contributed by atoms with van der Waals surface area (Å²) in [5, 5.41) is 2.76. The highest BCUT2D eigenvalue weighted by molar-refractivity contribution is 5.97. The summed E-state index contributed by atoms with van der Waals surface area (Å²) < 4.78 is 5.29. The topological polar surface area (TPSA) is 83.8 Å². The van der Waals surface area contributed by atoms with E-state index in [2.05, 4.69) is 20.3 Å². The number of fused-ring (bicyclic) bond motifs is 1. The van der Waals surface area contributed by atoms with Crippen molar-refractivity contribution in [3.63, 3.8) is 0 Å². The minimum atomic E-state index is -0.174. The van der Waals surface area contributed by atoms with Crippen LogP contribution in [0, 0.1) is 6.92 Å². The number of H-pyrrole nitrogens is 1. The van der Waals surface area contributed by atoms with E-state index in [0.29, 0.717) is 11.5 Å². The quantitative estimate of drug-likeness (QED) is 0.748. The molecule has 6 nitrogen and oxygen atoms in total. The lowest BCUT2D eigenvalue weighted by atomic mass is 10.2. The smallest absolute Gasteiger partial charge is 0.251 e. The summed E-state index contributed by atoms with van der Waals surface area (Å²) in [6.07, 6.45) is 3.22. The monoisotopic (exact) mass is 256 g/mol. The molecular weight excluding hydrogens is 244 g/mol. The Hall–Kier alpha value is -2.63. The van der Waals surface area contributed by atoms with Crippen molar-refractivity contribution in [3.8, 4) is 0 Å². The van der Waals surface area contributed by atoms with E-state index in [9.17, 15) is 4.79 Å². The second kappa shape index (κ2) is 4.56. The van der Waals surface area contributed by atoms with Crippen LogP contribution in [0.5, 0.6) is 0 Å². The van der Waals surface area contributed by atoms with E-state index in [0.717, 1.165) is 16.8 Å². The second-order valence-electron chi connectivity index (χ2n) is 4.18. The maximum Gasteiger partial charge on any atom is 0.251 e. The lowest BCUT2D eigenvalue weighted by Gasteiger charge is -2.02. The zero-order valence-electron chi connectivity index (χ0n) is 10.3. The predicted molar refractivity (Wildman–Crippen MR) is 68.5 cm³/mol. The zero-order chi connectivity index (χ0) is 13.2. The van der Waals surface area contributed by atoms with Gasteiger partial charge in [-0.2, -0.15) is 0 Å². The summed E-state index contributed by atoms with van der Waals surface area (Å²) in [4.78, 5) is 23.1. The number of rotatable bonds is 3. The molecule has 6 heteroatoms. The van der Waals surface area contributed by atoms with Crippen LogP contribution in [0.1, 0.15) is 22.0 Å². The molecule has 1 amide bonds. The molecule has 0 aliphatic rings. The summed E-state index contributed by atoms with van der Waals surface area (Å²) in [5.41, 5.74) is 2.24. The Morgan fingerprint density at radius 2 is 2.32 bits per heavy atom. The number of nitrogens with zero attached hydrogens (tertiary/aromatic N) is 2. The van der Waals surface area contributed by atoms with E-state index in [-0.39, 0.29) is 12.5 Å². The number of aromatic amines is 1. The van der Waals surface area contributed by atoms with Gasteiger partial charge in [-0.15, -0.1) is 0 Å². The van der Waals surface area contributed by atoms with E-state index >= 15 is 0 Å². The molecule has 0 radical (unpaired) electrons. The van der Waals surface area contributed by atoms with Crippen molar-refractivity contribution in [1.82, 2.24) is 20.3 Å². The number of imidazole rings is 1. The molecule has 0 saturated carbocycles. The van der Waals surface area contributed by atoms with Crippen LogP contribution in [0.2, 0.25) is 0 Å². The third-order valence-corrected chi connectivity index (χ3v) is 2.75. The number of nitrogens with one attached hydrogen (secondary N) is 2. The Morgan fingerprint density at radius 1 is 1.42 bits per heavy atom. The highest BCUT2D eigenvalue weighted by Crippen LogP contribution is 2.11. The third-order valence-electron chi connectivity index (χ3n) is 2.75. The van der Waals surface area contributed by atoms with Gasteiger partial charge in [-0.1, -0.05) is 0 Å². The molecule has 0 saturated heterocycles. The van der Waals surface area contributed by atoms with Crippen molar-refractivity contribution in [2.24, 2.45) is 0 Å². The van der Waals surface area contributed by atoms with Crippen LogP contribution in [0.15, 0.2) is 35.1 Å². The number of benzene rings is 1. The molecule has 2 heterocycles. The van der Waals surface area contributed by atoms with Gasteiger partial charge in [0.15, 0.2) is 0 Å². The van der Waals surface area contributed by atoms with E-state index < -0.39 is 0 Å². The first-order valence-electron chi connectivity index (χ1n) is 5.85. The third kappa shape index (κ3) is 2.33. The summed E-state index contributed by atoms with van der Waals surface area (Å²) >= 11 is 0. The summed E-state index contributed by atoms with van der Waals surface area (Å²) in [6.45, 7) is 2.08. The average molecular weight is 256 g/mol. The van der Waals surface area contributed by atoms with Gasteiger partial charge in [0.2, 0.25) is 5.89 Å². The number of oxazole rings is 1. The van der Waals surface area contributed by atoms with Crippen LogP contribution in [0.3, 0.4) is 0 Å². The molecule has 0 aliphatic heterocycles. The number of carbonyl (C=O) groups is 1. The number of hydrogen-bond acceptors (Lipinski definition) is 4. The van der Waals surface area contributed by atoms with Gasteiger partial charge in [0.05, 0.1) is 30.1 Å². The van der Waals surface area contributed by atoms with Crippen LogP contribution in [0.25, 0.3) is 11.0 Å². The fourth-order valence-corrected chi connectivity index (χ4v) is 1.82. The summed E-state index contributed by atoms with van der Waals surface area (Å²) in [7, 11) is 0. The lowest BCUT2D eigenvalue weighted by Crippen LogP contribution is -2.22. The fourth-order valence-electron chi connectivity index (χ4n) is 1.82.